The molecule has 2 unspecified atom stereocenters. The van der Waals surface area contributed by atoms with Gasteiger partial charge in [-0.05, 0) is 31.5 Å². The van der Waals surface area contributed by atoms with E-state index in [4.69, 9.17) is 9.47 Å². The molecule has 0 spiro atoms. The van der Waals surface area contributed by atoms with Crippen molar-refractivity contribution in [3.05, 3.63) is 24.3 Å². The molecule has 0 saturated carbocycles. The van der Waals surface area contributed by atoms with Crippen molar-refractivity contribution in [3.63, 3.8) is 0 Å². The number of rotatable bonds is 5. The second-order valence-electron chi connectivity index (χ2n) is 8.24. The molecule has 162 valence electrons. The largest absolute Gasteiger partial charge is 0.486 e. The molecule has 4 amide bonds. The van der Waals surface area contributed by atoms with Crippen molar-refractivity contribution < 1.29 is 23.9 Å². The second-order valence-corrected chi connectivity index (χ2v) is 8.24. The Morgan fingerprint density at radius 3 is 2.73 bits per heavy atom. The maximum absolute atomic E-state index is 12.8. The average molecular weight is 416 g/mol. The summed E-state index contributed by atoms with van der Waals surface area (Å²) in [5.74, 6) is 1.07. The fourth-order valence-corrected chi connectivity index (χ4v) is 4.20. The quantitative estimate of drug-likeness (QED) is 0.656. The zero-order chi connectivity index (χ0) is 21.3. The first kappa shape index (κ1) is 20.5. The van der Waals surface area contributed by atoms with E-state index in [1.807, 2.05) is 24.3 Å². The van der Waals surface area contributed by atoms with Gasteiger partial charge in [0.25, 0.3) is 5.91 Å². The number of benzene rings is 1. The van der Waals surface area contributed by atoms with Crippen molar-refractivity contribution in [1.82, 2.24) is 19.6 Å². The zero-order valence-electron chi connectivity index (χ0n) is 17.5. The van der Waals surface area contributed by atoms with Gasteiger partial charge in [0.1, 0.15) is 25.8 Å². The highest BCUT2D eigenvalue weighted by molar-refractivity contribution is 6.03. The first-order valence-electron chi connectivity index (χ1n) is 10.3. The number of carbonyl (C=O) groups excluding carboxylic acids is 3. The molecule has 0 aliphatic carbocycles. The van der Waals surface area contributed by atoms with E-state index in [2.05, 4.69) is 4.90 Å². The van der Waals surface area contributed by atoms with Crippen molar-refractivity contribution in [3.8, 4) is 11.5 Å². The first-order chi connectivity index (χ1) is 14.4. The number of carbonyl (C=O) groups is 3. The van der Waals surface area contributed by atoms with Gasteiger partial charge in [-0.1, -0.05) is 12.1 Å². The van der Waals surface area contributed by atoms with Gasteiger partial charge in [0.2, 0.25) is 5.91 Å². The number of imide groups is 1. The van der Waals surface area contributed by atoms with E-state index in [1.165, 1.54) is 14.7 Å². The number of likely N-dealkylation sites (tertiary alicyclic amines) is 1. The van der Waals surface area contributed by atoms with Crippen LogP contribution in [0.3, 0.4) is 0 Å². The molecule has 4 rings (SSSR count). The monoisotopic (exact) mass is 416 g/mol. The molecule has 9 nitrogen and oxygen atoms in total. The molecule has 3 aliphatic heterocycles. The molecule has 2 atom stereocenters. The Labute approximate surface area is 176 Å². The molecule has 0 bridgehead atoms. The summed E-state index contributed by atoms with van der Waals surface area (Å²) in [6.07, 6.45) is 1.56. The van der Waals surface area contributed by atoms with Crippen LogP contribution in [0.25, 0.3) is 0 Å². The van der Waals surface area contributed by atoms with Gasteiger partial charge in [0, 0.05) is 27.2 Å². The summed E-state index contributed by atoms with van der Waals surface area (Å²) in [4.78, 5) is 43.7. The molecule has 0 aromatic heterocycles. The molecule has 30 heavy (non-hydrogen) atoms. The van der Waals surface area contributed by atoms with E-state index >= 15 is 0 Å². The van der Waals surface area contributed by atoms with Crippen LogP contribution in [0.2, 0.25) is 0 Å². The third-order valence-corrected chi connectivity index (χ3v) is 5.77. The van der Waals surface area contributed by atoms with Crippen LogP contribution >= 0.6 is 0 Å². The molecule has 3 aliphatic rings. The predicted octanol–water partition coefficient (Wildman–Crippen LogP) is 0.643. The smallest absolute Gasteiger partial charge is 0.328 e. The van der Waals surface area contributed by atoms with Gasteiger partial charge in [0.05, 0.1) is 6.04 Å². The number of hydrogen-bond acceptors (Lipinski definition) is 6. The van der Waals surface area contributed by atoms with Crippen LogP contribution in [0.4, 0.5) is 4.79 Å². The minimum atomic E-state index is -0.367. The molecule has 1 aromatic rings. The highest BCUT2D eigenvalue weighted by Crippen LogP contribution is 2.31. The number of para-hydroxylation sites is 2. The molecular formula is C21H28N4O5. The number of likely N-dealkylation sites (N-methyl/N-ethyl adjacent to an activating group) is 1. The third-order valence-electron chi connectivity index (χ3n) is 5.77. The lowest BCUT2D eigenvalue weighted by Gasteiger charge is -2.38. The van der Waals surface area contributed by atoms with Crippen LogP contribution in [0.15, 0.2) is 24.3 Å². The molecule has 0 radical (unpaired) electrons. The van der Waals surface area contributed by atoms with Crippen LogP contribution < -0.4 is 9.47 Å². The van der Waals surface area contributed by atoms with Gasteiger partial charge < -0.3 is 19.3 Å². The molecule has 3 heterocycles. The number of amides is 4. The normalized spacial score (nSPS) is 24.3. The lowest BCUT2D eigenvalue weighted by Crippen LogP contribution is -2.53. The second kappa shape index (κ2) is 8.51. The number of urea groups is 1. The highest BCUT2D eigenvalue weighted by atomic mass is 16.6. The van der Waals surface area contributed by atoms with E-state index in [1.54, 1.807) is 14.1 Å². The van der Waals surface area contributed by atoms with Crippen LogP contribution in [-0.4, -0.2) is 103 Å². The van der Waals surface area contributed by atoms with Crippen molar-refractivity contribution in [2.24, 2.45) is 0 Å². The summed E-state index contributed by atoms with van der Waals surface area (Å²) in [5, 5.41) is 0. The fraction of sp³-hybridized carbons (Fsp3) is 0.571. The Bertz CT molecular complexity index is 829. The average Bonchev–Trinajstić information content (AvgIpc) is 3.01. The van der Waals surface area contributed by atoms with Gasteiger partial charge in [-0.2, -0.15) is 0 Å². The van der Waals surface area contributed by atoms with Crippen LogP contribution in [0, 0.1) is 0 Å². The van der Waals surface area contributed by atoms with E-state index in [-0.39, 0.29) is 43.1 Å². The third kappa shape index (κ3) is 4.21. The Kier molecular flexibility index (Phi) is 5.80. The van der Waals surface area contributed by atoms with Crippen molar-refractivity contribution in [1.29, 1.82) is 0 Å². The summed E-state index contributed by atoms with van der Waals surface area (Å²) in [6, 6.07) is 7.06. The number of nitrogens with zero attached hydrogens (tertiary/aromatic N) is 4. The standard InChI is InChI=1S/C21H28N4O5/c1-22(2)19(26)12-24-13-20(27)25(21(24)28)15-6-5-9-23(10-15)11-16-14-29-17-7-3-4-8-18(17)30-16/h3-4,7-8,15-16H,5-6,9-14H2,1-2H3. The number of fused-ring (bicyclic) bond motifs is 1. The SMILES string of the molecule is CN(C)C(=O)CN1CC(=O)N(C2CCCN(CC3COc4ccccc4O3)C2)C1=O. The van der Waals surface area contributed by atoms with E-state index in [0.29, 0.717) is 19.7 Å². The van der Waals surface area contributed by atoms with Gasteiger partial charge in [-0.25, -0.2) is 4.79 Å². The van der Waals surface area contributed by atoms with Gasteiger partial charge >= 0.3 is 6.03 Å². The lowest BCUT2D eigenvalue weighted by molar-refractivity contribution is -0.129. The van der Waals surface area contributed by atoms with E-state index < -0.39 is 0 Å². The van der Waals surface area contributed by atoms with Crippen molar-refractivity contribution in [2.45, 2.75) is 25.0 Å². The molecule has 0 N–H and O–H groups in total. The summed E-state index contributed by atoms with van der Waals surface area (Å²) in [7, 11) is 3.27. The maximum atomic E-state index is 12.8. The summed E-state index contributed by atoms with van der Waals surface area (Å²) in [5.41, 5.74) is 0. The minimum Gasteiger partial charge on any atom is -0.486 e. The highest BCUT2D eigenvalue weighted by Gasteiger charge is 2.42. The van der Waals surface area contributed by atoms with E-state index in [9.17, 15) is 14.4 Å². The summed E-state index contributed by atoms with van der Waals surface area (Å²) < 4.78 is 11.9. The van der Waals surface area contributed by atoms with E-state index in [0.717, 1.165) is 30.9 Å². The Hall–Kier alpha value is -2.81. The topological polar surface area (TPSA) is 82.6 Å². The van der Waals surface area contributed by atoms with Crippen LogP contribution in [0.5, 0.6) is 11.5 Å². The molecule has 2 saturated heterocycles. The molecule has 9 heteroatoms. The van der Waals surface area contributed by atoms with Crippen molar-refractivity contribution in [2.75, 3.05) is 53.4 Å². The Morgan fingerprint density at radius 2 is 1.97 bits per heavy atom. The summed E-state index contributed by atoms with van der Waals surface area (Å²) in [6.45, 7) is 2.53. The van der Waals surface area contributed by atoms with Gasteiger partial charge in [0.15, 0.2) is 11.5 Å². The minimum absolute atomic E-state index is 0.0364. The number of ether oxygens (including phenoxy) is 2. The summed E-state index contributed by atoms with van der Waals surface area (Å²) >= 11 is 0. The van der Waals surface area contributed by atoms with Crippen molar-refractivity contribution >= 4 is 17.8 Å². The van der Waals surface area contributed by atoms with Crippen LogP contribution in [0.1, 0.15) is 12.8 Å². The van der Waals surface area contributed by atoms with Gasteiger partial charge in [-0.3, -0.25) is 19.4 Å². The zero-order valence-corrected chi connectivity index (χ0v) is 17.5. The maximum Gasteiger partial charge on any atom is 0.328 e. The molecular weight excluding hydrogens is 388 g/mol. The van der Waals surface area contributed by atoms with Crippen LogP contribution in [-0.2, 0) is 9.59 Å². The van der Waals surface area contributed by atoms with Gasteiger partial charge in [-0.15, -0.1) is 0 Å². The molecule has 1 aromatic carbocycles. The molecule has 2 fully saturated rings. The number of piperidine rings is 1. The Morgan fingerprint density at radius 1 is 1.20 bits per heavy atom. The first-order valence-corrected chi connectivity index (χ1v) is 10.3. The Balaban J connectivity index is 1.35. The lowest BCUT2D eigenvalue weighted by atomic mass is 10.0. The predicted molar refractivity (Wildman–Crippen MR) is 108 cm³/mol. The fourth-order valence-electron chi connectivity index (χ4n) is 4.20. The number of hydrogen-bond donors (Lipinski definition) is 0.